The van der Waals surface area contributed by atoms with Gasteiger partial charge in [0.2, 0.25) is 0 Å². The molecule has 2 nitrogen and oxygen atoms in total. The normalized spacial score (nSPS) is 14.0. The maximum atomic E-state index is 13.1. The minimum absolute atomic E-state index is 0.138. The molecule has 0 saturated heterocycles. The van der Waals surface area contributed by atoms with Crippen LogP contribution in [0, 0.1) is 12.7 Å². The second kappa shape index (κ2) is 6.64. The average Bonchev–Trinajstić information content (AvgIpc) is 2.45. The van der Waals surface area contributed by atoms with Crippen LogP contribution in [-0.4, -0.2) is 11.7 Å². The lowest BCUT2D eigenvalue weighted by Gasteiger charge is -2.18. The Morgan fingerprint density at radius 3 is 2.45 bits per heavy atom. The monoisotopic (exact) mass is 273 g/mol. The van der Waals surface area contributed by atoms with E-state index in [-0.39, 0.29) is 11.9 Å². The first-order chi connectivity index (χ1) is 9.56. The predicted molar refractivity (Wildman–Crippen MR) is 79.0 cm³/mol. The molecule has 0 aliphatic rings. The number of hydrogen-bond donors (Lipinski definition) is 2. The van der Waals surface area contributed by atoms with Gasteiger partial charge in [0.1, 0.15) is 5.82 Å². The Bertz CT molecular complexity index is 553. The van der Waals surface area contributed by atoms with Crippen molar-refractivity contribution >= 4 is 0 Å². The zero-order valence-corrected chi connectivity index (χ0v) is 11.8. The van der Waals surface area contributed by atoms with E-state index in [2.05, 4.69) is 36.5 Å². The standard InChI is InChI=1S/C17H20FNO/c1-12-6-8-14(9-7-12)13(2)19-11-17(20)15-4-3-5-16(18)10-15/h3-10,13,17,19-20H,11H2,1-2H3/t13-,17?/m0/s1. The zero-order valence-electron chi connectivity index (χ0n) is 11.8. The Labute approximate surface area is 119 Å². The molecule has 2 rings (SSSR count). The summed E-state index contributed by atoms with van der Waals surface area (Å²) in [7, 11) is 0. The van der Waals surface area contributed by atoms with Gasteiger partial charge in [-0.05, 0) is 37.1 Å². The molecule has 0 aromatic heterocycles. The lowest BCUT2D eigenvalue weighted by atomic mass is 10.1. The van der Waals surface area contributed by atoms with Crippen molar-refractivity contribution in [1.82, 2.24) is 5.32 Å². The van der Waals surface area contributed by atoms with Crippen LogP contribution < -0.4 is 5.32 Å². The highest BCUT2D eigenvalue weighted by atomic mass is 19.1. The van der Waals surface area contributed by atoms with Crippen LogP contribution in [-0.2, 0) is 0 Å². The molecule has 0 aliphatic carbocycles. The number of benzene rings is 2. The molecule has 2 aromatic carbocycles. The smallest absolute Gasteiger partial charge is 0.123 e. The van der Waals surface area contributed by atoms with Crippen LogP contribution in [0.5, 0.6) is 0 Å². The van der Waals surface area contributed by atoms with Gasteiger partial charge in [-0.3, -0.25) is 0 Å². The Morgan fingerprint density at radius 1 is 1.10 bits per heavy atom. The van der Waals surface area contributed by atoms with Crippen molar-refractivity contribution < 1.29 is 9.50 Å². The maximum absolute atomic E-state index is 13.1. The van der Waals surface area contributed by atoms with Crippen LogP contribution in [0.1, 0.15) is 35.8 Å². The summed E-state index contributed by atoms with van der Waals surface area (Å²) < 4.78 is 13.1. The topological polar surface area (TPSA) is 32.3 Å². The van der Waals surface area contributed by atoms with E-state index in [9.17, 15) is 9.50 Å². The molecule has 0 fully saturated rings. The molecule has 0 bridgehead atoms. The highest BCUT2D eigenvalue weighted by molar-refractivity contribution is 5.24. The molecule has 0 aliphatic heterocycles. The van der Waals surface area contributed by atoms with Gasteiger partial charge in [0.05, 0.1) is 6.10 Å². The van der Waals surface area contributed by atoms with Crippen LogP contribution in [0.3, 0.4) is 0 Å². The minimum atomic E-state index is -0.710. The number of rotatable bonds is 5. The third kappa shape index (κ3) is 3.89. The van der Waals surface area contributed by atoms with E-state index in [0.717, 1.165) is 0 Å². The van der Waals surface area contributed by atoms with E-state index in [4.69, 9.17) is 0 Å². The van der Waals surface area contributed by atoms with Crippen LogP contribution in [0.2, 0.25) is 0 Å². The van der Waals surface area contributed by atoms with Crippen molar-refractivity contribution in [1.29, 1.82) is 0 Å². The Morgan fingerprint density at radius 2 is 1.80 bits per heavy atom. The van der Waals surface area contributed by atoms with Crippen molar-refractivity contribution in [3.63, 3.8) is 0 Å². The largest absolute Gasteiger partial charge is 0.387 e. The first-order valence-corrected chi connectivity index (χ1v) is 6.80. The highest BCUT2D eigenvalue weighted by Gasteiger charge is 2.11. The second-order valence-corrected chi connectivity index (χ2v) is 5.11. The van der Waals surface area contributed by atoms with Crippen LogP contribution >= 0.6 is 0 Å². The SMILES string of the molecule is Cc1ccc([C@H](C)NCC(O)c2cccc(F)c2)cc1. The number of aliphatic hydroxyl groups excluding tert-OH is 1. The first-order valence-electron chi connectivity index (χ1n) is 6.80. The van der Waals surface area contributed by atoms with Crippen LogP contribution in [0.15, 0.2) is 48.5 Å². The summed E-state index contributed by atoms with van der Waals surface area (Å²) >= 11 is 0. The van der Waals surface area contributed by atoms with Gasteiger partial charge in [-0.15, -0.1) is 0 Å². The van der Waals surface area contributed by atoms with E-state index < -0.39 is 6.10 Å². The van der Waals surface area contributed by atoms with Gasteiger partial charge < -0.3 is 10.4 Å². The number of hydrogen-bond acceptors (Lipinski definition) is 2. The molecule has 0 amide bonds. The van der Waals surface area contributed by atoms with E-state index in [1.54, 1.807) is 12.1 Å². The molecule has 3 heteroatoms. The van der Waals surface area contributed by atoms with E-state index >= 15 is 0 Å². The number of halogens is 1. The number of nitrogens with one attached hydrogen (secondary N) is 1. The second-order valence-electron chi connectivity index (χ2n) is 5.11. The summed E-state index contributed by atoms with van der Waals surface area (Å²) in [5.74, 6) is -0.326. The third-order valence-corrected chi connectivity index (χ3v) is 3.43. The molecule has 0 radical (unpaired) electrons. The third-order valence-electron chi connectivity index (χ3n) is 3.43. The molecule has 106 valence electrons. The van der Waals surface area contributed by atoms with E-state index in [1.165, 1.54) is 23.3 Å². The first kappa shape index (κ1) is 14.7. The van der Waals surface area contributed by atoms with Crippen molar-refractivity contribution in [2.24, 2.45) is 0 Å². The molecule has 2 N–H and O–H groups in total. The lowest BCUT2D eigenvalue weighted by Crippen LogP contribution is -2.24. The summed E-state index contributed by atoms with van der Waals surface area (Å²) in [5, 5.41) is 13.3. The molecule has 2 aromatic rings. The summed E-state index contributed by atoms with van der Waals surface area (Å²) in [6.45, 7) is 4.48. The lowest BCUT2D eigenvalue weighted by molar-refractivity contribution is 0.170. The van der Waals surface area contributed by atoms with Crippen LogP contribution in [0.4, 0.5) is 4.39 Å². The molecule has 20 heavy (non-hydrogen) atoms. The Kier molecular flexibility index (Phi) is 4.88. The summed E-state index contributed by atoms with van der Waals surface area (Å²) in [5.41, 5.74) is 2.98. The fourth-order valence-electron chi connectivity index (χ4n) is 2.09. The molecule has 2 atom stereocenters. The maximum Gasteiger partial charge on any atom is 0.123 e. The van der Waals surface area contributed by atoms with Gasteiger partial charge >= 0.3 is 0 Å². The molecular formula is C17H20FNO. The van der Waals surface area contributed by atoms with Crippen molar-refractivity contribution in [3.8, 4) is 0 Å². The average molecular weight is 273 g/mol. The fraction of sp³-hybridized carbons (Fsp3) is 0.294. The summed E-state index contributed by atoms with van der Waals surface area (Å²) in [6, 6.07) is 14.5. The molecule has 0 spiro atoms. The van der Waals surface area contributed by atoms with Gasteiger partial charge in [-0.25, -0.2) is 4.39 Å². The number of aliphatic hydroxyl groups is 1. The van der Waals surface area contributed by atoms with Crippen molar-refractivity contribution in [2.75, 3.05) is 6.54 Å². The van der Waals surface area contributed by atoms with Gasteiger partial charge in [0.25, 0.3) is 0 Å². The fourth-order valence-corrected chi connectivity index (χ4v) is 2.09. The number of aryl methyl sites for hydroxylation is 1. The molecular weight excluding hydrogens is 253 g/mol. The van der Waals surface area contributed by atoms with Crippen molar-refractivity contribution in [3.05, 3.63) is 71.0 Å². The molecule has 0 heterocycles. The predicted octanol–water partition coefficient (Wildman–Crippen LogP) is 3.52. The summed E-state index contributed by atoms with van der Waals surface area (Å²) in [4.78, 5) is 0. The van der Waals surface area contributed by atoms with Gasteiger partial charge in [0.15, 0.2) is 0 Å². The zero-order chi connectivity index (χ0) is 14.5. The van der Waals surface area contributed by atoms with Crippen LogP contribution in [0.25, 0.3) is 0 Å². The van der Waals surface area contributed by atoms with E-state index in [0.29, 0.717) is 12.1 Å². The van der Waals surface area contributed by atoms with E-state index in [1.807, 2.05) is 6.92 Å². The van der Waals surface area contributed by atoms with Gasteiger partial charge in [-0.2, -0.15) is 0 Å². The van der Waals surface area contributed by atoms with Gasteiger partial charge in [0, 0.05) is 12.6 Å². The highest BCUT2D eigenvalue weighted by Crippen LogP contribution is 2.16. The Balaban J connectivity index is 1.93. The van der Waals surface area contributed by atoms with Gasteiger partial charge in [-0.1, -0.05) is 42.0 Å². The Hall–Kier alpha value is -1.71. The van der Waals surface area contributed by atoms with Crippen molar-refractivity contribution in [2.45, 2.75) is 26.0 Å². The molecule has 0 saturated carbocycles. The minimum Gasteiger partial charge on any atom is -0.387 e. The molecule has 1 unspecified atom stereocenters. The quantitative estimate of drug-likeness (QED) is 0.873. The summed E-state index contributed by atoms with van der Waals surface area (Å²) in [6.07, 6.45) is -0.710.